The van der Waals surface area contributed by atoms with E-state index in [0.29, 0.717) is 16.5 Å². The molecule has 6 heteroatoms. The molecule has 0 saturated carbocycles. The van der Waals surface area contributed by atoms with Crippen molar-refractivity contribution in [3.05, 3.63) is 17.5 Å². The van der Waals surface area contributed by atoms with Crippen LogP contribution in [0.3, 0.4) is 0 Å². The molecule has 0 spiro atoms. The predicted octanol–water partition coefficient (Wildman–Crippen LogP) is 1.82. The first-order valence-electron chi connectivity index (χ1n) is 6.88. The number of nitrogens with two attached hydrogens (primary N) is 1. The molecular formula is C13H24N4S2. The first-order chi connectivity index (χ1) is 9.15. The highest BCUT2D eigenvalue weighted by Gasteiger charge is 2.30. The van der Waals surface area contributed by atoms with Crippen LogP contribution in [0.5, 0.6) is 0 Å². The molecule has 0 aliphatic carbocycles. The van der Waals surface area contributed by atoms with Crippen molar-refractivity contribution in [1.82, 2.24) is 15.2 Å². The Morgan fingerprint density at radius 1 is 1.53 bits per heavy atom. The van der Waals surface area contributed by atoms with Crippen LogP contribution in [0.1, 0.15) is 25.2 Å². The summed E-state index contributed by atoms with van der Waals surface area (Å²) in [5.74, 6) is 8.29. The van der Waals surface area contributed by atoms with Crippen LogP contribution < -0.4 is 11.3 Å². The molecule has 1 aliphatic rings. The second-order valence-electron chi connectivity index (χ2n) is 4.98. The van der Waals surface area contributed by atoms with Gasteiger partial charge in [-0.05, 0) is 19.9 Å². The van der Waals surface area contributed by atoms with E-state index in [9.17, 15) is 0 Å². The molecule has 0 amide bonds. The highest BCUT2D eigenvalue weighted by molar-refractivity contribution is 8.07. The zero-order valence-electron chi connectivity index (χ0n) is 11.9. The number of hydrogen-bond acceptors (Lipinski definition) is 5. The van der Waals surface area contributed by atoms with Gasteiger partial charge >= 0.3 is 0 Å². The summed E-state index contributed by atoms with van der Waals surface area (Å²) in [6, 6.07) is 2.49. The first kappa shape index (κ1) is 15.2. The van der Waals surface area contributed by atoms with E-state index in [-0.39, 0.29) is 0 Å². The second-order valence-corrected chi connectivity index (χ2v) is 7.75. The van der Waals surface area contributed by atoms with Gasteiger partial charge in [0.25, 0.3) is 0 Å². The molecule has 0 radical (unpaired) electrons. The summed E-state index contributed by atoms with van der Waals surface area (Å²) in [6.45, 7) is 7.42. The van der Waals surface area contributed by atoms with E-state index in [1.807, 2.05) is 6.92 Å². The molecule has 108 valence electrons. The molecule has 1 fully saturated rings. The minimum absolute atomic E-state index is 0.314. The van der Waals surface area contributed by atoms with Crippen molar-refractivity contribution in [2.75, 3.05) is 11.5 Å². The first-order valence-corrected chi connectivity index (χ1v) is 8.98. The van der Waals surface area contributed by atoms with Gasteiger partial charge in [-0.3, -0.25) is 16.0 Å². The minimum atomic E-state index is 0.314. The van der Waals surface area contributed by atoms with Gasteiger partial charge in [-0.1, -0.05) is 6.92 Å². The van der Waals surface area contributed by atoms with E-state index < -0.39 is 0 Å². The van der Waals surface area contributed by atoms with Crippen molar-refractivity contribution < 1.29 is 0 Å². The molecule has 3 N–H and O–H groups in total. The maximum absolute atomic E-state index is 5.81. The summed E-state index contributed by atoms with van der Waals surface area (Å²) in [7, 11) is 0. The quantitative estimate of drug-likeness (QED) is 0.642. The number of nitrogens with zero attached hydrogens (tertiary/aromatic N) is 2. The topological polar surface area (TPSA) is 55.9 Å². The van der Waals surface area contributed by atoms with Crippen molar-refractivity contribution >= 4 is 23.5 Å². The molecular weight excluding hydrogens is 276 g/mol. The van der Waals surface area contributed by atoms with Crippen molar-refractivity contribution in [1.29, 1.82) is 0 Å². The summed E-state index contributed by atoms with van der Waals surface area (Å²) < 4.78 is 2.09. The van der Waals surface area contributed by atoms with Crippen molar-refractivity contribution in [2.45, 2.75) is 50.3 Å². The largest absolute Gasteiger partial charge is 0.271 e. The van der Waals surface area contributed by atoms with E-state index in [2.05, 4.69) is 58.6 Å². The smallest absolute Gasteiger partial charge is 0.0596 e. The summed E-state index contributed by atoms with van der Waals surface area (Å²) in [4.78, 5) is 0. The summed E-state index contributed by atoms with van der Waals surface area (Å²) in [5, 5.41) is 5.74. The SMILES string of the molecule is CCn1nc(C)cc1CC(NN)C1SCCSC1C. The van der Waals surface area contributed by atoms with Crippen LogP contribution in [0.4, 0.5) is 0 Å². The number of aromatic nitrogens is 2. The van der Waals surface area contributed by atoms with Crippen LogP contribution in [-0.4, -0.2) is 37.8 Å². The Bertz CT molecular complexity index is 407. The zero-order chi connectivity index (χ0) is 13.8. The third kappa shape index (κ3) is 3.68. The lowest BCUT2D eigenvalue weighted by Gasteiger charge is -2.34. The van der Waals surface area contributed by atoms with Gasteiger partial charge in [-0.25, -0.2) is 0 Å². The molecule has 1 aliphatic heterocycles. The maximum Gasteiger partial charge on any atom is 0.0596 e. The summed E-state index contributed by atoms with van der Waals surface area (Å²) in [5.41, 5.74) is 5.41. The van der Waals surface area contributed by atoms with Crippen molar-refractivity contribution in [3.63, 3.8) is 0 Å². The lowest BCUT2D eigenvalue weighted by atomic mass is 10.1. The summed E-state index contributed by atoms with van der Waals surface area (Å²) in [6.07, 6.45) is 0.952. The molecule has 3 unspecified atom stereocenters. The van der Waals surface area contributed by atoms with Gasteiger partial charge in [0.1, 0.15) is 0 Å². The molecule has 4 nitrogen and oxygen atoms in total. The van der Waals surface area contributed by atoms with Crippen LogP contribution in [-0.2, 0) is 13.0 Å². The van der Waals surface area contributed by atoms with Gasteiger partial charge in [0.05, 0.1) is 5.69 Å². The molecule has 0 bridgehead atoms. The third-order valence-electron chi connectivity index (χ3n) is 3.56. The van der Waals surface area contributed by atoms with Gasteiger partial charge in [-0.2, -0.15) is 28.6 Å². The van der Waals surface area contributed by atoms with Crippen molar-refractivity contribution in [3.8, 4) is 0 Å². The lowest BCUT2D eigenvalue weighted by Crippen LogP contribution is -2.49. The number of nitrogens with one attached hydrogen (secondary N) is 1. The molecule has 1 saturated heterocycles. The van der Waals surface area contributed by atoms with Gasteiger partial charge in [-0.15, -0.1) is 0 Å². The standard InChI is InChI=1S/C13H24N4S2/c1-4-17-11(7-9(2)16-17)8-12(15-14)13-10(3)18-5-6-19-13/h7,10,12-13,15H,4-6,8,14H2,1-3H3. The van der Waals surface area contributed by atoms with Crippen LogP contribution in [0.25, 0.3) is 0 Å². The molecule has 0 aromatic carbocycles. The lowest BCUT2D eigenvalue weighted by molar-refractivity contribution is 0.480. The Labute approximate surface area is 124 Å². The van der Waals surface area contributed by atoms with E-state index in [4.69, 9.17) is 5.84 Å². The molecule has 1 aromatic heterocycles. The molecule has 3 atom stereocenters. The van der Waals surface area contributed by atoms with E-state index in [1.165, 1.54) is 17.2 Å². The maximum atomic E-state index is 5.81. The van der Waals surface area contributed by atoms with Crippen LogP contribution in [0.2, 0.25) is 0 Å². The average Bonchev–Trinajstić information content (AvgIpc) is 2.77. The normalized spacial score (nSPS) is 25.5. The number of thioether (sulfide) groups is 2. The number of rotatable bonds is 5. The van der Waals surface area contributed by atoms with E-state index in [1.54, 1.807) is 0 Å². The van der Waals surface area contributed by atoms with E-state index in [0.717, 1.165) is 18.7 Å². The Balaban J connectivity index is 2.09. The highest BCUT2D eigenvalue weighted by atomic mass is 32.2. The highest BCUT2D eigenvalue weighted by Crippen LogP contribution is 2.33. The van der Waals surface area contributed by atoms with E-state index >= 15 is 0 Å². The van der Waals surface area contributed by atoms with Gasteiger partial charge in [0.2, 0.25) is 0 Å². The molecule has 19 heavy (non-hydrogen) atoms. The molecule has 2 rings (SSSR count). The second kappa shape index (κ2) is 7.02. The average molecular weight is 300 g/mol. The Hall–Kier alpha value is -0.170. The Morgan fingerprint density at radius 2 is 2.26 bits per heavy atom. The van der Waals surface area contributed by atoms with Crippen LogP contribution in [0.15, 0.2) is 6.07 Å². The van der Waals surface area contributed by atoms with Crippen LogP contribution in [0, 0.1) is 6.92 Å². The Kier molecular flexibility index (Phi) is 5.62. The van der Waals surface area contributed by atoms with Gasteiger partial charge in [0.15, 0.2) is 0 Å². The van der Waals surface area contributed by atoms with Crippen molar-refractivity contribution in [2.24, 2.45) is 5.84 Å². The Morgan fingerprint density at radius 3 is 2.89 bits per heavy atom. The number of aryl methyl sites for hydroxylation is 2. The molecule has 2 heterocycles. The fourth-order valence-electron chi connectivity index (χ4n) is 2.62. The zero-order valence-corrected chi connectivity index (χ0v) is 13.6. The minimum Gasteiger partial charge on any atom is -0.271 e. The number of hydrogen-bond donors (Lipinski definition) is 2. The molecule has 1 aromatic rings. The van der Waals surface area contributed by atoms with Gasteiger partial charge in [0, 0.05) is 46.7 Å². The summed E-state index contributed by atoms with van der Waals surface area (Å²) >= 11 is 4.11. The van der Waals surface area contributed by atoms with Gasteiger partial charge < -0.3 is 0 Å². The predicted molar refractivity (Wildman–Crippen MR) is 85.6 cm³/mol. The monoisotopic (exact) mass is 300 g/mol. The third-order valence-corrected chi connectivity index (χ3v) is 6.81. The fraction of sp³-hybridized carbons (Fsp3) is 0.769. The van der Waals surface area contributed by atoms with Crippen LogP contribution >= 0.6 is 23.5 Å². The number of hydrazine groups is 1. The fourth-order valence-corrected chi connectivity index (χ4v) is 5.57.